The van der Waals surface area contributed by atoms with E-state index in [4.69, 9.17) is 5.73 Å². The number of nitrogens with zero attached hydrogens (tertiary/aromatic N) is 1. The molecule has 0 saturated carbocycles. The first-order valence-corrected chi connectivity index (χ1v) is 5.46. The molecule has 6 nitrogen and oxygen atoms in total. The minimum Gasteiger partial charge on any atom is -0.380 e. The number of nitrogens with two attached hydrogens (primary N) is 1. The quantitative estimate of drug-likeness (QED) is 0.368. The van der Waals surface area contributed by atoms with E-state index in [-0.39, 0.29) is 11.4 Å². The van der Waals surface area contributed by atoms with Gasteiger partial charge >= 0.3 is 5.97 Å². The van der Waals surface area contributed by atoms with Gasteiger partial charge in [-0.2, -0.15) is 0 Å². The van der Waals surface area contributed by atoms with E-state index in [0.717, 1.165) is 0 Å². The standard InChI is InChI=1S/C13H11N3O3/c14-11(9-5-2-1-3-6-9)16-19-13(18)10-7-4-8-15-12(10)17/h1-8H,(H2,14,16)(H,15,17). The van der Waals surface area contributed by atoms with Crippen molar-refractivity contribution >= 4 is 11.8 Å². The van der Waals surface area contributed by atoms with Crippen molar-refractivity contribution in [3.63, 3.8) is 0 Å². The van der Waals surface area contributed by atoms with E-state index < -0.39 is 11.5 Å². The Balaban J connectivity index is 2.13. The zero-order valence-electron chi connectivity index (χ0n) is 9.87. The van der Waals surface area contributed by atoms with E-state index >= 15 is 0 Å². The fourth-order valence-corrected chi connectivity index (χ4v) is 1.38. The highest BCUT2D eigenvalue weighted by Gasteiger charge is 2.11. The summed E-state index contributed by atoms with van der Waals surface area (Å²) in [5.41, 5.74) is 5.60. The Hall–Kier alpha value is -2.89. The molecule has 0 aliphatic heterocycles. The van der Waals surface area contributed by atoms with Crippen molar-refractivity contribution in [2.24, 2.45) is 10.9 Å². The Labute approximate surface area is 108 Å². The van der Waals surface area contributed by atoms with Crippen LogP contribution in [-0.4, -0.2) is 16.8 Å². The molecule has 0 atom stereocenters. The second-order valence-corrected chi connectivity index (χ2v) is 3.63. The SMILES string of the molecule is N/C(=N\OC(=O)c1ccc[nH]c1=O)c1ccccc1. The molecule has 0 fully saturated rings. The minimum absolute atomic E-state index is 0.0568. The zero-order valence-corrected chi connectivity index (χ0v) is 9.87. The molecule has 0 aliphatic rings. The third kappa shape index (κ3) is 3.06. The number of nitrogens with one attached hydrogen (secondary N) is 1. The third-order valence-electron chi connectivity index (χ3n) is 2.33. The normalized spacial score (nSPS) is 11.1. The van der Waals surface area contributed by atoms with E-state index in [9.17, 15) is 9.59 Å². The number of rotatable bonds is 3. The van der Waals surface area contributed by atoms with Crippen molar-refractivity contribution in [2.75, 3.05) is 0 Å². The monoisotopic (exact) mass is 257 g/mol. The van der Waals surface area contributed by atoms with Gasteiger partial charge in [-0.25, -0.2) is 4.79 Å². The van der Waals surface area contributed by atoms with Gasteiger partial charge in [0.1, 0.15) is 5.56 Å². The maximum Gasteiger partial charge on any atom is 0.371 e. The second-order valence-electron chi connectivity index (χ2n) is 3.63. The Kier molecular flexibility index (Phi) is 3.72. The first-order valence-electron chi connectivity index (χ1n) is 5.46. The van der Waals surface area contributed by atoms with Gasteiger partial charge in [0.15, 0.2) is 5.84 Å². The van der Waals surface area contributed by atoms with Gasteiger partial charge in [0.2, 0.25) is 0 Å². The summed E-state index contributed by atoms with van der Waals surface area (Å²) in [5, 5.41) is 3.50. The van der Waals surface area contributed by atoms with Crippen LogP contribution in [0.2, 0.25) is 0 Å². The van der Waals surface area contributed by atoms with Crippen molar-refractivity contribution in [3.8, 4) is 0 Å². The molecule has 6 heteroatoms. The molecule has 2 rings (SSSR count). The molecule has 19 heavy (non-hydrogen) atoms. The number of H-pyrrole nitrogens is 1. The van der Waals surface area contributed by atoms with Crippen LogP contribution >= 0.6 is 0 Å². The highest BCUT2D eigenvalue weighted by molar-refractivity contribution is 5.98. The van der Waals surface area contributed by atoms with Gasteiger partial charge in [-0.3, -0.25) is 4.79 Å². The molecule has 2 aromatic rings. The second kappa shape index (κ2) is 5.63. The number of aromatic nitrogens is 1. The van der Waals surface area contributed by atoms with Crippen LogP contribution in [0.25, 0.3) is 0 Å². The average molecular weight is 257 g/mol. The maximum absolute atomic E-state index is 11.6. The molecular weight excluding hydrogens is 246 g/mol. The van der Waals surface area contributed by atoms with Crippen LogP contribution in [0.1, 0.15) is 15.9 Å². The topological polar surface area (TPSA) is 97.5 Å². The van der Waals surface area contributed by atoms with Crippen molar-refractivity contribution in [1.29, 1.82) is 0 Å². The summed E-state index contributed by atoms with van der Waals surface area (Å²) in [6.07, 6.45) is 1.42. The van der Waals surface area contributed by atoms with Crippen molar-refractivity contribution in [3.05, 3.63) is 70.1 Å². The first kappa shape index (κ1) is 12.6. The smallest absolute Gasteiger partial charge is 0.371 e. The fraction of sp³-hybridized carbons (Fsp3) is 0. The lowest BCUT2D eigenvalue weighted by Crippen LogP contribution is -2.19. The Morgan fingerprint density at radius 1 is 1.16 bits per heavy atom. The summed E-state index contributed by atoms with van der Waals surface area (Å²) in [6, 6.07) is 11.7. The highest BCUT2D eigenvalue weighted by atomic mass is 16.7. The summed E-state index contributed by atoms with van der Waals surface area (Å²) in [6.45, 7) is 0. The van der Waals surface area contributed by atoms with Crippen molar-refractivity contribution in [2.45, 2.75) is 0 Å². The van der Waals surface area contributed by atoms with Crippen LogP contribution in [0.5, 0.6) is 0 Å². The highest BCUT2D eigenvalue weighted by Crippen LogP contribution is 1.99. The van der Waals surface area contributed by atoms with E-state index in [1.165, 1.54) is 18.3 Å². The summed E-state index contributed by atoms with van der Waals surface area (Å²) >= 11 is 0. The fourth-order valence-electron chi connectivity index (χ4n) is 1.38. The van der Waals surface area contributed by atoms with E-state index in [1.807, 2.05) is 6.07 Å². The lowest BCUT2D eigenvalue weighted by Gasteiger charge is -2.00. The van der Waals surface area contributed by atoms with E-state index in [1.54, 1.807) is 24.3 Å². The Morgan fingerprint density at radius 2 is 1.89 bits per heavy atom. The number of amidine groups is 1. The predicted octanol–water partition coefficient (Wildman–Crippen LogP) is 0.852. The lowest BCUT2D eigenvalue weighted by atomic mass is 10.2. The third-order valence-corrected chi connectivity index (χ3v) is 2.33. The summed E-state index contributed by atoms with van der Waals surface area (Å²) in [5.74, 6) is -0.804. The molecule has 0 spiro atoms. The number of carbonyl (C=O) groups excluding carboxylic acids is 1. The number of oxime groups is 1. The number of hydrogen-bond donors (Lipinski definition) is 2. The van der Waals surface area contributed by atoms with Crippen molar-refractivity contribution in [1.82, 2.24) is 4.98 Å². The van der Waals surface area contributed by atoms with Gasteiger partial charge in [0.05, 0.1) is 0 Å². The van der Waals surface area contributed by atoms with Crippen LogP contribution < -0.4 is 11.3 Å². The molecule has 0 amide bonds. The van der Waals surface area contributed by atoms with Gasteiger partial charge < -0.3 is 15.6 Å². The maximum atomic E-state index is 11.6. The van der Waals surface area contributed by atoms with Gasteiger partial charge in [-0.15, -0.1) is 0 Å². The summed E-state index contributed by atoms with van der Waals surface area (Å²) in [7, 11) is 0. The van der Waals surface area contributed by atoms with Crippen LogP contribution in [0.4, 0.5) is 0 Å². The summed E-state index contributed by atoms with van der Waals surface area (Å²) < 4.78 is 0. The molecule has 0 bridgehead atoms. The summed E-state index contributed by atoms with van der Waals surface area (Å²) in [4.78, 5) is 29.9. The van der Waals surface area contributed by atoms with E-state index in [2.05, 4.69) is 15.0 Å². The Bertz CT molecular complexity index is 662. The Morgan fingerprint density at radius 3 is 2.58 bits per heavy atom. The number of hydrogen-bond acceptors (Lipinski definition) is 4. The van der Waals surface area contributed by atoms with Crippen LogP contribution in [0, 0.1) is 0 Å². The number of pyridine rings is 1. The van der Waals surface area contributed by atoms with Crippen LogP contribution in [0.3, 0.4) is 0 Å². The number of benzene rings is 1. The number of aromatic amines is 1. The molecule has 0 unspecified atom stereocenters. The van der Waals surface area contributed by atoms with Gasteiger partial charge in [0.25, 0.3) is 5.56 Å². The van der Waals surface area contributed by atoms with Gasteiger partial charge in [-0.05, 0) is 12.1 Å². The molecule has 3 N–H and O–H groups in total. The van der Waals surface area contributed by atoms with Crippen molar-refractivity contribution < 1.29 is 9.63 Å². The molecule has 1 aromatic heterocycles. The molecular formula is C13H11N3O3. The molecule has 0 saturated heterocycles. The molecule has 0 aliphatic carbocycles. The molecule has 1 heterocycles. The zero-order chi connectivity index (χ0) is 13.7. The lowest BCUT2D eigenvalue weighted by molar-refractivity contribution is 0.0514. The first-order chi connectivity index (χ1) is 9.18. The minimum atomic E-state index is -0.860. The van der Waals surface area contributed by atoms with Gasteiger partial charge in [-0.1, -0.05) is 35.5 Å². The average Bonchev–Trinajstić information content (AvgIpc) is 2.46. The van der Waals surface area contributed by atoms with Gasteiger partial charge in [0, 0.05) is 11.8 Å². The molecule has 1 aromatic carbocycles. The van der Waals surface area contributed by atoms with Crippen LogP contribution in [-0.2, 0) is 4.84 Å². The predicted molar refractivity (Wildman–Crippen MR) is 69.6 cm³/mol. The molecule has 0 radical (unpaired) electrons. The van der Waals surface area contributed by atoms with Crippen LogP contribution in [0.15, 0.2) is 58.6 Å². The van der Waals surface area contributed by atoms with E-state index in [0.29, 0.717) is 5.56 Å². The largest absolute Gasteiger partial charge is 0.380 e. The molecule has 96 valence electrons. The number of carbonyl (C=O) groups is 1.